The van der Waals surface area contributed by atoms with Crippen molar-refractivity contribution in [1.29, 1.82) is 0 Å². The first kappa shape index (κ1) is 15.9. The first-order chi connectivity index (χ1) is 11.3. The maximum absolute atomic E-state index is 13.6. The normalized spacial score (nSPS) is 15.1. The number of ether oxygens (including phenoxy) is 1. The second kappa shape index (κ2) is 5.59. The van der Waals surface area contributed by atoms with E-state index >= 15 is 0 Å². The van der Waals surface area contributed by atoms with Gasteiger partial charge in [0.15, 0.2) is 5.60 Å². The van der Waals surface area contributed by atoms with Crippen molar-refractivity contribution in [3.8, 4) is 5.75 Å². The topological polar surface area (TPSA) is 67.4 Å². The van der Waals surface area contributed by atoms with E-state index in [1.165, 1.54) is 6.07 Å². The molecule has 0 fully saturated rings. The Labute approximate surface area is 136 Å². The van der Waals surface area contributed by atoms with E-state index in [1.54, 1.807) is 26.0 Å². The van der Waals surface area contributed by atoms with Gasteiger partial charge in [-0.25, -0.2) is 8.78 Å². The molecule has 2 amide bonds. The molecular formula is C17H14F2N2O3. The van der Waals surface area contributed by atoms with Crippen LogP contribution in [0.1, 0.15) is 24.2 Å². The summed E-state index contributed by atoms with van der Waals surface area (Å²) < 4.78 is 32.1. The van der Waals surface area contributed by atoms with Crippen LogP contribution < -0.4 is 15.4 Å². The fraction of sp³-hybridized carbons (Fsp3) is 0.176. The summed E-state index contributed by atoms with van der Waals surface area (Å²) in [6.07, 6.45) is 0. The van der Waals surface area contributed by atoms with E-state index in [4.69, 9.17) is 4.74 Å². The summed E-state index contributed by atoms with van der Waals surface area (Å²) in [4.78, 5) is 24.0. The molecule has 2 aromatic carbocycles. The minimum atomic E-state index is -0.991. The number of fused-ring (bicyclic) bond motifs is 1. The van der Waals surface area contributed by atoms with Gasteiger partial charge in [-0.3, -0.25) is 9.59 Å². The molecular weight excluding hydrogens is 318 g/mol. The molecule has 0 saturated carbocycles. The lowest BCUT2D eigenvalue weighted by Crippen LogP contribution is -2.45. The Hall–Kier alpha value is -2.96. The van der Waals surface area contributed by atoms with Crippen molar-refractivity contribution < 1.29 is 23.1 Å². The number of benzene rings is 2. The summed E-state index contributed by atoms with van der Waals surface area (Å²) in [6, 6.07) is 7.35. The molecule has 0 spiro atoms. The third-order valence-corrected chi connectivity index (χ3v) is 3.57. The van der Waals surface area contributed by atoms with Crippen LogP contribution >= 0.6 is 0 Å². The van der Waals surface area contributed by atoms with E-state index in [2.05, 4.69) is 10.6 Å². The summed E-state index contributed by atoms with van der Waals surface area (Å²) in [7, 11) is 0. The average Bonchev–Trinajstić information content (AvgIpc) is 2.48. The van der Waals surface area contributed by atoms with E-state index in [-0.39, 0.29) is 11.5 Å². The Kier molecular flexibility index (Phi) is 3.71. The van der Waals surface area contributed by atoms with E-state index in [1.807, 2.05) is 0 Å². The smallest absolute Gasteiger partial charge is 0.268 e. The van der Waals surface area contributed by atoms with Crippen LogP contribution in [-0.4, -0.2) is 17.4 Å². The molecule has 1 aliphatic rings. The van der Waals surface area contributed by atoms with Crippen LogP contribution in [0.4, 0.5) is 20.2 Å². The highest BCUT2D eigenvalue weighted by molar-refractivity contribution is 6.05. The first-order valence-electron chi connectivity index (χ1n) is 7.17. The molecule has 124 valence electrons. The Morgan fingerprint density at radius 1 is 1.17 bits per heavy atom. The Morgan fingerprint density at radius 2 is 1.92 bits per heavy atom. The molecule has 3 rings (SSSR count). The number of rotatable bonds is 2. The van der Waals surface area contributed by atoms with Crippen LogP contribution in [0.5, 0.6) is 5.75 Å². The lowest BCUT2D eigenvalue weighted by Gasteiger charge is -2.31. The van der Waals surface area contributed by atoms with Gasteiger partial charge in [-0.2, -0.15) is 0 Å². The maximum atomic E-state index is 13.6. The standard InChI is InChI=1S/C17H14F2N2O3/c1-17(2)16(23)21-13-8-10(4-6-14(13)24-17)20-15(22)11-5-3-9(18)7-12(11)19/h3-8H,1-2H3,(H,20,22)(H,21,23). The van der Waals surface area contributed by atoms with E-state index in [0.717, 1.165) is 12.1 Å². The number of hydrogen-bond donors (Lipinski definition) is 2. The van der Waals surface area contributed by atoms with Gasteiger partial charge in [0.05, 0.1) is 11.3 Å². The van der Waals surface area contributed by atoms with E-state index < -0.39 is 23.1 Å². The zero-order chi connectivity index (χ0) is 17.5. The van der Waals surface area contributed by atoms with E-state index in [9.17, 15) is 18.4 Å². The van der Waals surface area contributed by atoms with Crippen molar-refractivity contribution in [3.05, 3.63) is 53.6 Å². The summed E-state index contributed by atoms with van der Waals surface area (Å²) in [5.74, 6) is -2.30. The minimum absolute atomic E-state index is 0.282. The van der Waals surface area contributed by atoms with E-state index in [0.29, 0.717) is 23.2 Å². The largest absolute Gasteiger partial charge is 0.476 e. The molecule has 0 saturated heterocycles. The predicted molar refractivity (Wildman–Crippen MR) is 84.1 cm³/mol. The zero-order valence-electron chi connectivity index (χ0n) is 12.9. The monoisotopic (exact) mass is 332 g/mol. The molecule has 0 unspecified atom stereocenters. The highest BCUT2D eigenvalue weighted by atomic mass is 19.1. The Balaban J connectivity index is 1.83. The molecule has 7 heteroatoms. The lowest BCUT2D eigenvalue weighted by atomic mass is 10.1. The van der Waals surface area contributed by atoms with Crippen molar-refractivity contribution in [3.63, 3.8) is 0 Å². The molecule has 24 heavy (non-hydrogen) atoms. The maximum Gasteiger partial charge on any atom is 0.268 e. The van der Waals surface area contributed by atoms with Gasteiger partial charge in [-0.05, 0) is 44.2 Å². The number of hydrogen-bond acceptors (Lipinski definition) is 3. The van der Waals surface area contributed by atoms with Gasteiger partial charge in [-0.1, -0.05) is 0 Å². The third kappa shape index (κ3) is 2.92. The fourth-order valence-corrected chi connectivity index (χ4v) is 2.26. The molecule has 0 bridgehead atoms. The number of amides is 2. The van der Waals surface area contributed by atoms with Gasteiger partial charge in [0.1, 0.15) is 17.4 Å². The minimum Gasteiger partial charge on any atom is -0.476 e. The molecule has 0 atom stereocenters. The van der Waals surface area contributed by atoms with Crippen LogP contribution in [0.15, 0.2) is 36.4 Å². The van der Waals surface area contributed by atoms with Crippen LogP contribution in [0.2, 0.25) is 0 Å². The quantitative estimate of drug-likeness (QED) is 0.886. The molecule has 2 N–H and O–H groups in total. The predicted octanol–water partition coefficient (Wildman–Crippen LogP) is 3.33. The van der Waals surface area contributed by atoms with Crippen LogP contribution in [-0.2, 0) is 4.79 Å². The van der Waals surface area contributed by atoms with Crippen LogP contribution in [0.3, 0.4) is 0 Å². The van der Waals surface area contributed by atoms with Gasteiger partial charge in [0.2, 0.25) is 0 Å². The molecule has 1 aliphatic heterocycles. The third-order valence-electron chi connectivity index (χ3n) is 3.57. The number of halogens is 2. The summed E-state index contributed by atoms with van der Waals surface area (Å²) in [5, 5.41) is 5.18. The molecule has 0 radical (unpaired) electrons. The Morgan fingerprint density at radius 3 is 2.62 bits per heavy atom. The molecule has 1 heterocycles. The number of carbonyl (C=O) groups excluding carboxylic acids is 2. The SMILES string of the molecule is CC1(C)Oc2ccc(NC(=O)c3ccc(F)cc3F)cc2NC1=O. The summed E-state index contributed by atoms with van der Waals surface area (Å²) >= 11 is 0. The van der Waals surface area contributed by atoms with Gasteiger partial charge in [0.25, 0.3) is 11.8 Å². The Bertz CT molecular complexity index is 850. The van der Waals surface area contributed by atoms with Gasteiger partial charge >= 0.3 is 0 Å². The number of anilines is 2. The highest BCUT2D eigenvalue weighted by Crippen LogP contribution is 2.35. The van der Waals surface area contributed by atoms with Crippen molar-refractivity contribution in [2.45, 2.75) is 19.4 Å². The van der Waals surface area contributed by atoms with Crippen LogP contribution in [0.25, 0.3) is 0 Å². The number of nitrogens with one attached hydrogen (secondary N) is 2. The van der Waals surface area contributed by atoms with Crippen molar-refractivity contribution in [1.82, 2.24) is 0 Å². The first-order valence-corrected chi connectivity index (χ1v) is 7.17. The van der Waals surface area contributed by atoms with Gasteiger partial charge < -0.3 is 15.4 Å². The van der Waals surface area contributed by atoms with Gasteiger partial charge in [-0.15, -0.1) is 0 Å². The molecule has 0 aromatic heterocycles. The lowest BCUT2D eigenvalue weighted by molar-refractivity contribution is -0.129. The van der Waals surface area contributed by atoms with Crippen molar-refractivity contribution in [2.75, 3.05) is 10.6 Å². The van der Waals surface area contributed by atoms with Crippen molar-refractivity contribution in [2.24, 2.45) is 0 Å². The summed E-state index contributed by atoms with van der Waals surface area (Å²) in [5.41, 5.74) is -0.534. The highest BCUT2D eigenvalue weighted by Gasteiger charge is 2.35. The summed E-state index contributed by atoms with van der Waals surface area (Å²) in [6.45, 7) is 3.27. The second-order valence-corrected chi connectivity index (χ2v) is 5.86. The molecule has 0 aliphatic carbocycles. The van der Waals surface area contributed by atoms with Crippen LogP contribution in [0, 0.1) is 11.6 Å². The molecule has 5 nitrogen and oxygen atoms in total. The average molecular weight is 332 g/mol. The fourth-order valence-electron chi connectivity index (χ4n) is 2.26. The molecule has 2 aromatic rings. The van der Waals surface area contributed by atoms with Crippen molar-refractivity contribution >= 4 is 23.2 Å². The second-order valence-electron chi connectivity index (χ2n) is 5.86. The number of carbonyl (C=O) groups is 2. The zero-order valence-corrected chi connectivity index (χ0v) is 12.9. The van der Waals surface area contributed by atoms with Gasteiger partial charge in [0, 0.05) is 11.8 Å².